The molecule has 23 heavy (non-hydrogen) atoms. The average molecular weight is 317 g/mol. The number of nitrogens with zero attached hydrogens (tertiary/aromatic N) is 1. The lowest BCUT2D eigenvalue weighted by atomic mass is 10.2. The van der Waals surface area contributed by atoms with Crippen LogP contribution in [-0.4, -0.2) is 42.1 Å². The molecule has 1 aromatic rings. The van der Waals surface area contributed by atoms with Gasteiger partial charge in [0, 0.05) is 32.2 Å². The largest absolute Gasteiger partial charge is 0.356 e. The first kappa shape index (κ1) is 18.0. The van der Waals surface area contributed by atoms with Gasteiger partial charge in [0.15, 0.2) is 0 Å². The Morgan fingerprint density at radius 1 is 1.26 bits per heavy atom. The number of rotatable bonds is 8. The maximum absolute atomic E-state index is 11.9. The summed E-state index contributed by atoms with van der Waals surface area (Å²) in [7, 11) is 0. The van der Waals surface area contributed by atoms with Gasteiger partial charge in [-0.05, 0) is 12.1 Å². The van der Waals surface area contributed by atoms with Crippen LogP contribution in [-0.2, 0) is 19.2 Å². The van der Waals surface area contributed by atoms with Crippen LogP contribution in [0.5, 0.6) is 0 Å². The van der Waals surface area contributed by atoms with Crippen LogP contribution in [0.1, 0.15) is 19.0 Å². The maximum atomic E-state index is 11.9. The van der Waals surface area contributed by atoms with E-state index in [0.717, 1.165) is 6.08 Å². The molecule has 3 N–H and O–H groups in total. The zero-order chi connectivity index (χ0) is 17.1. The van der Waals surface area contributed by atoms with Gasteiger partial charge in [0.1, 0.15) is 0 Å². The van der Waals surface area contributed by atoms with E-state index in [-0.39, 0.29) is 37.0 Å². The van der Waals surface area contributed by atoms with Crippen LogP contribution in [0.3, 0.4) is 0 Å². The van der Waals surface area contributed by atoms with Crippen LogP contribution < -0.4 is 16.0 Å². The van der Waals surface area contributed by atoms with Crippen molar-refractivity contribution in [1.29, 1.82) is 0 Å². The number of hydrogen-bond donors (Lipinski definition) is 3. The van der Waals surface area contributed by atoms with E-state index in [0.29, 0.717) is 5.69 Å². The smallest absolute Gasteiger partial charge is 0.246 e. The molecule has 8 heteroatoms. The van der Waals surface area contributed by atoms with Crippen LogP contribution in [0, 0.1) is 0 Å². The second kappa shape index (κ2) is 9.82. The van der Waals surface area contributed by atoms with Gasteiger partial charge in [-0.1, -0.05) is 6.07 Å². The molecule has 1 rings (SSSR count). The van der Waals surface area contributed by atoms with Crippen LogP contribution in [0.2, 0.25) is 0 Å². The molecule has 8 nitrogen and oxygen atoms in total. The molecule has 0 aromatic carbocycles. The number of amides is 3. The van der Waals surface area contributed by atoms with Crippen LogP contribution in [0.15, 0.2) is 30.5 Å². The predicted molar refractivity (Wildman–Crippen MR) is 82.4 cm³/mol. The molecule has 1 aromatic heterocycles. The molecule has 0 bridgehead atoms. The molecule has 0 saturated heterocycles. The Bertz CT molecular complexity index is 599. The SMILES string of the molecule is CC(=O)NCCC(=O)NC(=CC(=O)NC[C]=O)c1ccccn1. The minimum atomic E-state index is -0.559. The van der Waals surface area contributed by atoms with E-state index in [4.69, 9.17) is 0 Å². The molecule has 121 valence electrons. The zero-order valence-electron chi connectivity index (χ0n) is 12.6. The van der Waals surface area contributed by atoms with Gasteiger partial charge in [0.25, 0.3) is 0 Å². The number of carbonyl (C=O) groups is 3. The Hall–Kier alpha value is -3.03. The highest BCUT2D eigenvalue weighted by molar-refractivity contribution is 5.98. The van der Waals surface area contributed by atoms with E-state index in [1.54, 1.807) is 18.2 Å². The molecule has 0 fully saturated rings. The second-order valence-electron chi connectivity index (χ2n) is 4.42. The topological polar surface area (TPSA) is 117 Å². The molecule has 3 amide bonds. The molecule has 0 atom stereocenters. The molecule has 0 aliphatic rings. The van der Waals surface area contributed by atoms with E-state index in [1.165, 1.54) is 19.4 Å². The van der Waals surface area contributed by atoms with Crippen molar-refractivity contribution in [2.24, 2.45) is 0 Å². The van der Waals surface area contributed by atoms with Gasteiger partial charge < -0.3 is 16.0 Å². The fraction of sp³-hybridized carbons (Fsp3) is 0.267. The summed E-state index contributed by atoms with van der Waals surface area (Å²) in [4.78, 5) is 48.5. The Morgan fingerprint density at radius 2 is 2.04 bits per heavy atom. The summed E-state index contributed by atoms with van der Waals surface area (Å²) < 4.78 is 0. The number of aromatic nitrogens is 1. The minimum Gasteiger partial charge on any atom is -0.356 e. The van der Waals surface area contributed by atoms with Gasteiger partial charge in [-0.2, -0.15) is 0 Å². The molecule has 1 radical (unpaired) electrons. The number of carbonyl (C=O) groups excluding carboxylic acids is 4. The molecule has 0 aliphatic carbocycles. The maximum Gasteiger partial charge on any atom is 0.246 e. The predicted octanol–water partition coefficient (Wildman–Crippen LogP) is -0.709. The first-order valence-electron chi connectivity index (χ1n) is 6.83. The fourth-order valence-electron chi connectivity index (χ4n) is 1.57. The standard InChI is InChI=1S/C15H17N4O4/c1-11(21)16-7-5-14(22)19-13(10-15(23)18-8-9-20)12-4-2-3-6-17-12/h2-4,6,10H,5,7-8H2,1H3,(H,16,21)(H,18,23)(H,19,22). The lowest BCUT2D eigenvalue weighted by Gasteiger charge is -2.10. The van der Waals surface area contributed by atoms with Crippen molar-refractivity contribution < 1.29 is 19.2 Å². The third kappa shape index (κ3) is 7.51. The fourth-order valence-corrected chi connectivity index (χ4v) is 1.57. The summed E-state index contributed by atoms with van der Waals surface area (Å²) in [5, 5.41) is 7.35. The van der Waals surface area contributed by atoms with E-state index in [2.05, 4.69) is 20.9 Å². The molecule has 0 saturated carbocycles. The molecule has 0 unspecified atom stereocenters. The lowest BCUT2D eigenvalue weighted by Crippen LogP contribution is -2.30. The van der Waals surface area contributed by atoms with Crippen LogP contribution >= 0.6 is 0 Å². The first-order valence-corrected chi connectivity index (χ1v) is 6.83. The van der Waals surface area contributed by atoms with Gasteiger partial charge in [-0.3, -0.25) is 24.2 Å². The van der Waals surface area contributed by atoms with Crippen molar-refractivity contribution in [3.05, 3.63) is 36.2 Å². The summed E-state index contributed by atoms with van der Waals surface area (Å²) in [6.07, 6.45) is 4.24. The summed E-state index contributed by atoms with van der Waals surface area (Å²) in [5.74, 6) is -1.18. The van der Waals surface area contributed by atoms with Crippen molar-refractivity contribution in [1.82, 2.24) is 20.9 Å². The van der Waals surface area contributed by atoms with Crippen molar-refractivity contribution in [3.63, 3.8) is 0 Å². The number of pyridine rings is 1. The zero-order valence-corrected chi connectivity index (χ0v) is 12.6. The highest BCUT2D eigenvalue weighted by Crippen LogP contribution is 2.07. The van der Waals surface area contributed by atoms with Crippen molar-refractivity contribution in [2.45, 2.75) is 13.3 Å². The van der Waals surface area contributed by atoms with Gasteiger partial charge in [0.05, 0.1) is 17.9 Å². The van der Waals surface area contributed by atoms with Crippen molar-refractivity contribution in [2.75, 3.05) is 13.1 Å². The molecule has 1 heterocycles. The highest BCUT2D eigenvalue weighted by atomic mass is 16.2. The van der Waals surface area contributed by atoms with Crippen molar-refractivity contribution in [3.8, 4) is 0 Å². The lowest BCUT2D eigenvalue weighted by molar-refractivity contribution is -0.120. The van der Waals surface area contributed by atoms with Crippen molar-refractivity contribution >= 4 is 29.7 Å². The summed E-state index contributed by atoms with van der Waals surface area (Å²) >= 11 is 0. The average Bonchev–Trinajstić information content (AvgIpc) is 2.52. The molecular formula is C15H17N4O4. The highest BCUT2D eigenvalue weighted by Gasteiger charge is 2.10. The third-order valence-electron chi connectivity index (χ3n) is 2.55. The number of hydrogen-bond acceptors (Lipinski definition) is 5. The van der Waals surface area contributed by atoms with Crippen LogP contribution in [0.25, 0.3) is 5.70 Å². The Kier molecular flexibility index (Phi) is 7.70. The summed E-state index contributed by atoms with van der Waals surface area (Å²) in [5.41, 5.74) is 0.590. The molecule has 0 spiro atoms. The summed E-state index contributed by atoms with van der Waals surface area (Å²) in [6, 6.07) is 5.02. The van der Waals surface area contributed by atoms with E-state index in [1.807, 2.05) is 0 Å². The third-order valence-corrected chi connectivity index (χ3v) is 2.55. The monoisotopic (exact) mass is 317 g/mol. The van der Waals surface area contributed by atoms with E-state index >= 15 is 0 Å². The molecule has 0 aliphatic heterocycles. The second-order valence-corrected chi connectivity index (χ2v) is 4.42. The van der Waals surface area contributed by atoms with Gasteiger partial charge >= 0.3 is 0 Å². The van der Waals surface area contributed by atoms with E-state index < -0.39 is 5.91 Å². The number of nitrogens with one attached hydrogen (secondary N) is 3. The quantitative estimate of drug-likeness (QED) is 0.548. The normalized spacial score (nSPS) is 10.6. The summed E-state index contributed by atoms with van der Waals surface area (Å²) in [6.45, 7) is 1.29. The molecular weight excluding hydrogens is 300 g/mol. The van der Waals surface area contributed by atoms with Crippen LogP contribution in [0.4, 0.5) is 0 Å². The van der Waals surface area contributed by atoms with Gasteiger partial charge in [-0.15, -0.1) is 0 Å². The Balaban J connectivity index is 2.77. The van der Waals surface area contributed by atoms with Gasteiger partial charge in [-0.25, -0.2) is 0 Å². The van der Waals surface area contributed by atoms with E-state index in [9.17, 15) is 19.2 Å². The Labute approximate surface area is 133 Å². The minimum absolute atomic E-state index is 0.0491. The Morgan fingerprint density at radius 3 is 2.65 bits per heavy atom. The first-order chi connectivity index (χ1) is 11.0. The van der Waals surface area contributed by atoms with Gasteiger partial charge in [0.2, 0.25) is 24.0 Å².